The molecule has 0 aromatic carbocycles. The van der Waals surface area contributed by atoms with Gasteiger partial charge in [-0.25, -0.2) is 4.79 Å². The van der Waals surface area contributed by atoms with E-state index < -0.39 is 24.3 Å². The van der Waals surface area contributed by atoms with Crippen molar-refractivity contribution in [2.75, 3.05) is 59.5 Å². The van der Waals surface area contributed by atoms with E-state index in [0.717, 1.165) is 0 Å². The number of hydrogen-bond donors (Lipinski definition) is 3. The van der Waals surface area contributed by atoms with Crippen LogP contribution in [-0.2, 0) is 28.5 Å². The summed E-state index contributed by atoms with van der Waals surface area (Å²) >= 11 is 0. The molecule has 0 radical (unpaired) electrons. The summed E-state index contributed by atoms with van der Waals surface area (Å²) in [5.41, 5.74) is 0. The second-order valence-corrected chi connectivity index (χ2v) is 5.00. The van der Waals surface area contributed by atoms with Crippen molar-refractivity contribution in [1.29, 1.82) is 0 Å². The molecule has 1 aliphatic rings. The lowest BCUT2D eigenvalue weighted by molar-refractivity contribution is -0.156. The zero-order valence-electron chi connectivity index (χ0n) is 13.1. The molecule has 0 bridgehead atoms. The van der Waals surface area contributed by atoms with Gasteiger partial charge in [0.25, 0.3) is 0 Å². The van der Waals surface area contributed by atoms with Gasteiger partial charge in [0.15, 0.2) is 0 Å². The minimum Gasteiger partial charge on any atom is -0.480 e. The average molecular weight is 338 g/mol. The fourth-order valence-corrected chi connectivity index (χ4v) is 1.92. The van der Waals surface area contributed by atoms with E-state index in [1.54, 1.807) is 0 Å². The van der Waals surface area contributed by atoms with Gasteiger partial charge in [-0.1, -0.05) is 0 Å². The summed E-state index contributed by atoms with van der Waals surface area (Å²) in [6.07, 6.45) is -1.75. The Hall–Kier alpha value is -0.810. The molecule has 3 atom stereocenters. The van der Waals surface area contributed by atoms with Gasteiger partial charge in [-0.05, 0) is 6.42 Å². The maximum absolute atomic E-state index is 10.2. The summed E-state index contributed by atoms with van der Waals surface area (Å²) in [6.45, 7) is 2.34. The van der Waals surface area contributed by atoms with E-state index in [1.165, 1.54) is 0 Å². The minimum atomic E-state index is -1.01. The van der Waals surface area contributed by atoms with Crippen LogP contribution in [0.15, 0.2) is 0 Å². The van der Waals surface area contributed by atoms with Crippen molar-refractivity contribution in [2.45, 2.75) is 24.7 Å². The number of carbonyl (C=O) groups is 1. The van der Waals surface area contributed by atoms with Gasteiger partial charge in [-0.3, -0.25) is 0 Å². The Morgan fingerprint density at radius 2 is 1.52 bits per heavy atom. The Labute approximate surface area is 135 Å². The van der Waals surface area contributed by atoms with E-state index in [1.807, 2.05) is 0 Å². The van der Waals surface area contributed by atoms with Crippen molar-refractivity contribution in [1.82, 2.24) is 0 Å². The van der Waals surface area contributed by atoms with Crippen LogP contribution in [0.25, 0.3) is 0 Å². The van der Waals surface area contributed by atoms with Crippen molar-refractivity contribution in [3.63, 3.8) is 0 Å². The lowest BCUT2D eigenvalue weighted by Gasteiger charge is -2.31. The Balaban J connectivity index is 1.82. The van der Waals surface area contributed by atoms with Gasteiger partial charge in [-0.15, -0.1) is 0 Å². The number of carboxylic acids is 1. The van der Waals surface area contributed by atoms with E-state index in [0.29, 0.717) is 46.1 Å². The SMILES string of the molecule is O=C(O)COCCOCCOCCOC[C@H]1OCC[C@@H](O)[C@H]1O. The average Bonchev–Trinajstić information content (AvgIpc) is 2.52. The zero-order valence-corrected chi connectivity index (χ0v) is 13.1. The number of aliphatic carboxylic acids is 1. The van der Waals surface area contributed by atoms with Crippen molar-refractivity contribution < 1.29 is 43.8 Å². The Morgan fingerprint density at radius 3 is 2.13 bits per heavy atom. The summed E-state index contributed by atoms with van der Waals surface area (Å²) in [4.78, 5) is 10.2. The number of hydrogen-bond acceptors (Lipinski definition) is 8. The minimum absolute atomic E-state index is 0.207. The highest BCUT2D eigenvalue weighted by atomic mass is 16.6. The third-order valence-corrected chi connectivity index (χ3v) is 3.14. The number of aliphatic hydroxyl groups excluding tert-OH is 2. The Kier molecular flexibility index (Phi) is 11.1. The summed E-state index contributed by atoms with van der Waals surface area (Å²) in [5, 5.41) is 27.5. The fraction of sp³-hybridized carbons (Fsp3) is 0.929. The monoisotopic (exact) mass is 338 g/mol. The van der Waals surface area contributed by atoms with Crippen LogP contribution in [0.2, 0.25) is 0 Å². The van der Waals surface area contributed by atoms with Crippen molar-refractivity contribution in [3.8, 4) is 0 Å². The van der Waals surface area contributed by atoms with Crippen LogP contribution < -0.4 is 0 Å². The van der Waals surface area contributed by atoms with E-state index in [4.69, 9.17) is 28.8 Å². The first-order chi connectivity index (χ1) is 11.1. The van der Waals surface area contributed by atoms with Gasteiger partial charge in [0, 0.05) is 6.61 Å². The lowest BCUT2D eigenvalue weighted by Crippen LogP contribution is -2.46. The fourth-order valence-electron chi connectivity index (χ4n) is 1.92. The molecule has 0 unspecified atom stereocenters. The van der Waals surface area contributed by atoms with Crippen molar-refractivity contribution in [3.05, 3.63) is 0 Å². The lowest BCUT2D eigenvalue weighted by atomic mass is 10.0. The highest BCUT2D eigenvalue weighted by Crippen LogP contribution is 2.14. The smallest absolute Gasteiger partial charge is 0.329 e. The first-order valence-corrected chi connectivity index (χ1v) is 7.61. The molecule has 0 spiro atoms. The molecule has 0 saturated carbocycles. The molecule has 1 rings (SSSR count). The molecule has 23 heavy (non-hydrogen) atoms. The zero-order chi connectivity index (χ0) is 16.9. The molecule has 0 aromatic heterocycles. The van der Waals surface area contributed by atoms with Gasteiger partial charge >= 0.3 is 5.97 Å². The van der Waals surface area contributed by atoms with Crippen LogP contribution in [0.3, 0.4) is 0 Å². The highest BCUT2D eigenvalue weighted by molar-refractivity contribution is 5.67. The van der Waals surface area contributed by atoms with E-state index in [-0.39, 0.29) is 19.8 Å². The molecule has 9 nitrogen and oxygen atoms in total. The second kappa shape index (κ2) is 12.6. The molecule has 0 aromatic rings. The normalized spacial score (nSPS) is 24.7. The predicted molar refractivity (Wildman–Crippen MR) is 77.3 cm³/mol. The topological polar surface area (TPSA) is 124 Å². The summed E-state index contributed by atoms with van der Waals surface area (Å²) in [6, 6.07) is 0. The predicted octanol–water partition coefficient (Wildman–Crippen LogP) is -1.35. The summed E-state index contributed by atoms with van der Waals surface area (Å²) in [5.74, 6) is -1.01. The quantitative estimate of drug-likeness (QED) is 0.350. The maximum Gasteiger partial charge on any atom is 0.329 e. The van der Waals surface area contributed by atoms with Crippen LogP contribution in [0.1, 0.15) is 6.42 Å². The second-order valence-electron chi connectivity index (χ2n) is 5.00. The molecular weight excluding hydrogens is 312 g/mol. The maximum atomic E-state index is 10.2. The highest BCUT2D eigenvalue weighted by Gasteiger charge is 2.31. The van der Waals surface area contributed by atoms with E-state index >= 15 is 0 Å². The molecule has 3 N–H and O–H groups in total. The van der Waals surface area contributed by atoms with Gasteiger partial charge in [0.2, 0.25) is 0 Å². The third-order valence-electron chi connectivity index (χ3n) is 3.14. The van der Waals surface area contributed by atoms with Crippen LogP contribution in [0.5, 0.6) is 0 Å². The van der Waals surface area contributed by atoms with E-state index in [9.17, 15) is 15.0 Å². The van der Waals surface area contributed by atoms with Gasteiger partial charge in [-0.2, -0.15) is 0 Å². The number of ether oxygens (including phenoxy) is 5. The summed E-state index contributed by atoms with van der Waals surface area (Å²) < 4.78 is 25.9. The largest absolute Gasteiger partial charge is 0.480 e. The molecule has 1 aliphatic heterocycles. The Bertz CT molecular complexity index is 313. The standard InChI is InChI=1S/C14H26O9/c15-11-1-2-23-12(14(11)18)9-21-7-5-19-3-4-20-6-8-22-10-13(16)17/h11-12,14-15,18H,1-10H2,(H,16,17)/t11-,12-,14-/m1/s1. The van der Waals surface area contributed by atoms with Crippen molar-refractivity contribution in [2.24, 2.45) is 0 Å². The molecule has 0 aliphatic carbocycles. The molecular formula is C14H26O9. The van der Waals surface area contributed by atoms with Crippen LogP contribution >= 0.6 is 0 Å². The molecule has 1 saturated heterocycles. The number of carboxylic acid groups (broad SMARTS) is 1. The van der Waals surface area contributed by atoms with E-state index in [2.05, 4.69) is 0 Å². The number of rotatable bonds is 13. The molecule has 136 valence electrons. The van der Waals surface area contributed by atoms with Crippen molar-refractivity contribution >= 4 is 5.97 Å². The summed E-state index contributed by atoms with van der Waals surface area (Å²) in [7, 11) is 0. The van der Waals surface area contributed by atoms with Gasteiger partial charge < -0.3 is 39.0 Å². The molecule has 1 fully saturated rings. The van der Waals surface area contributed by atoms with Gasteiger partial charge in [0.1, 0.15) is 18.8 Å². The number of aliphatic hydroxyl groups is 2. The van der Waals surface area contributed by atoms with Gasteiger partial charge in [0.05, 0.1) is 52.4 Å². The van der Waals surface area contributed by atoms with Crippen LogP contribution in [0, 0.1) is 0 Å². The third kappa shape index (κ3) is 9.82. The molecule has 9 heteroatoms. The van der Waals surface area contributed by atoms with Crippen LogP contribution in [-0.4, -0.2) is 99.1 Å². The molecule has 1 heterocycles. The molecule has 0 amide bonds. The first-order valence-electron chi connectivity index (χ1n) is 7.61. The first kappa shape index (κ1) is 20.2. The van der Waals surface area contributed by atoms with Crippen LogP contribution in [0.4, 0.5) is 0 Å². The Morgan fingerprint density at radius 1 is 0.957 bits per heavy atom.